The first kappa shape index (κ1) is 13.1. The van der Waals surface area contributed by atoms with Gasteiger partial charge in [0, 0.05) is 17.4 Å². The lowest BCUT2D eigenvalue weighted by atomic mass is 10.2. The zero-order valence-corrected chi connectivity index (χ0v) is 11.7. The van der Waals surface area contributed by atoms with Crippen LogP contribution in [0, 0.1) is 0 Å². The van der Waals surface area contributed by atoms with E-state index in [1.165, 1.54) is 0 Å². The van der Waals surface area contributed by atoms with Crippen molar-refractivity contribution in [1.82, 2.24) is 0 Å². The molecule has 0 aromatic heterocycles. The number of benzene rings is 1. The van der Waals surface area contributed by atoms with Gasteiger partial charge < -0.3 is 9.64 Å². The number of carbonyl (C=O) groups excluding carboxylic acids is 2. The third-order valence-corrected chi connectivity index (χ3v) is 3.46. The topological polar surface area (TPSA) is 46.6 Å². The minimum atomic E-state index is -0.331. The van der Waals surface area contributed by atoms with E-state index in [4.69, 9.17) is 4.74 Å². The fraction of sp³-hybridized carbons (Fsp3) is 0.385. The number of Topliss-reactive ketones (excluding diaryl/α,β-unsaturated/α-hetero) is 1. The molecular formula is C13H14BrNO3. The van der Waals surface area contributed by atoms with Crippen molar-refractivity contribution in [2.75, 3.05) is 24.6 Å². The van der Waals surface area contributed by atoms with Gasteiger partial charge in [0.05, 0.1) is 24.4 Å². The van der Waals surface area contributed by atoms with Gasteiger partial charge in [-0.15, -0.1) is 0 Å². The Morgan fingerprint density at radius 3 is 2.83 bits per heavy atom. The average molecular weight is 312 g/mol. The van der Waals surface area contributed by atoms with Crippen LogP contribution >= 0.6 is 15.9 Å². The zero-order chi connectivity index (χ0) is 13.1. The number of esters is 1. The van der Waals surface area contributed by atoms with E-state index in [0.717, 1.165) is 16.7 Å². The van der Waals surface area contributed by atoms with Gasteiger partial charge in [0.25, 0.3) is 0 Å². The van der Waals surface area contributed by atoms with Gasteiger partial charge >= 0.3 is 5.97 Å². The van der Waals surface area contributed by atoms with Crippen molar-refractivity contribution in [3.63, 3.8) is 0 Å². The van der Waals surface area contributed by atoms with Crippen molar-refractivity contribution in [3.8, 4) is 0 Å². The number of hydrogen-bond donors (Lipinski definition) is 0. The number of rotatable bonds is 3. The molecule has 0 atom stereocenters. The molecule has 18 heavy (non-hydrogen) atoms. The smallest absolute Gasteiger partial charge is 0.338 e. The van der Waals surface area contributed by atoms with Crippen LogP contribution in [0.2, 0.25) is 0 Å². The average Bonchev–Trinajstić information content (AvgIpc) is 2.76. The fourth-order valence-electron chi connectivity index (χ4n) is 1.94. The van der Waals surface area contributed by atoms with Crippen molar-refractivity contribution in [2.24, 2.45) is 0 Å². The van der Waals surface area contributed by atoms with Crippen molar-refractivity contribution in [2.45, 2.75) is 13.3 Å². The van der Waals surface area contributed by atoms with E-state index < -0.39 is 0 Å². The highest BCUT2D eigenvalue weighted by molar-refractivity contribution is 9.10. The van der Waals surface area contributed by atoms with Crippen LogP contribution in [-0.2, 0) is 9.53 Å². The summed E-state index contributed by atoms with van der Waals surface area (Å²) in [7, 11) is 0. The molecule has 1 saturated heterocycles. The molecule has 0 aliphatic carbocycles. The summed E-state index contributed by atoms with van der Waals surface area (Å²) < 4.78 is 5.75. The monoisotopic (exact) mass is 311 g/mol. The molecule has 0 spiro atoms. The Morgan fingerprint density at radius 2 is 2.28 bits per heavy atom. The maximum absolute atomic E-state index is 11.6. The Morgan fingerprint density at radius 1 is 1.50 bits per heavy atom. The number of nitrogens with zero attached hydrogens (tertiary/aromatic N) is 1. The molecule has 1 aliphatic rings. The molecule has 1 aromatic carbocycles. The molecule has 1 fully saturated rings. The summed E-state index contributed by atoms with van der Waals surface area (Å²) in [6, 6.07) is 5.30. The second-order valence-corrected chi connectivity index (χ2v) is 4.95. The van der Waals surface area contributed by atoms with E-state index in [2.05, 4.69) is 15.9 Å². The summed E-state index contributed by atoms with van der Waals surface area (Å²) in [4.78, 5) is 24.8. The van der Waals surface area contributed by atoms with Gasteiger partial charge in [-0.25, -0.2) is 4.79 Å². The largest absolute Gasteiger partial charge is 0.462 e. The lowest BCUT2D eigenvalue weighted by Crippen LogP contribution is -2.20. The van der Waals surface area contributed by atoms with Crippen LogP contribution in [-0.4, -0.2) is 31.4 Å². The van der Waals surface area contributed by atoms with E-state index in [-0.39, 0.29) is 11.8 Å². The van der Waals surface area contributed by atoms with Gasteiger partial charge in [-0.2, -0.15) is 0 Å². The van der Waals surface area contributed by atoms with E-state index in [1.54, 1.807) is 19.1 Å². The molecule has 1 heterocycles. The van der Waals surface area contributed by atoms with Crippen molar-refractivity contribution in [1.29, 1.82) is 0 Å². The number of ether oxygens (including phenoxy) is 1. The summed E-state index contributed by atoms with van der Waals surface area (Å²) >= 11 is 3.44. The second-order valence-electron chi connectivity index (χ2n) is 4.10. The Bertz CT molecular complexity index is 487. The van der Waals surface area contributed by atoms with E-state index in [0.29, 0.717) is 25.1 Å². The first-order valence-corrected chi connectivity index (χ1v) is 6.64. The molecule has 0 unspecified atom stereocenters. The summed E-state index contributed by atoms with van der Waals surface area (Å²) in [5.41, 5.74) is 1.45. The van der Waals surface area contributed by atoms with Gasteiger partial charge in [-0.05, 0) is 41.1 Å². The van der Waals surface area contributed by atoms with Gasteiger partial charge in [-0.1, -0.05) is 0 Å². The van der Waals surface area contributed by atoms with Crippen LogP contribution in [0.25, 0.3) is 0 Å². The van der Waals surface area contributed by atoms with Gasteiger partial charge in [-0.3, -0.25) is 4.79 Å². The molecule has 4 nitrogen and oxygen atoms in total. The standard InChI is InChI=1S/C13H14BrNO3/c1-2-18-13(17)9-3-4-12(11(14)7-9)15-6-5-10(16)8-15/h3-4,7H,2,5-6,8H2,1H3. The van der Waals surface area contributed by atoms with Gasteiger partial charge in [0.15, 0.2) is 5.78 Å². The maximum atomic E-state index is 11.6. The molecule has 2 rings (SSSR count). The van der Waals surface area contributed by atoms with E-state index in [1.807, 2.05) is 11.0 Å². The van der Waals surface area contributed by atoms with Crippen LogP contribution in [0.15, 0.2) is 22.7 Å². The SMILES string of the molecule is CCOC(=O)c1ccc(N2CCC(=O)C2)c(Br)c1. The van der Waals surface area contributed by atoms with Crippen molar-refractivity contribution < 1.29 is 14.3 Å². The molecule has 0 radical (unpaired) electrons. The number of anilines is 1. The van der Waals surface area contributed by atoms with E-state index >= 15 is 0 Å². The minimum Gasteiger partial charge on any atom is -0.462 e. The predicted octanol–water partition coefficient (Wildman–Crippen LogP) is 2.41. The summed E-state index contributed by atoms with van der Waals surface area (Å²) in [5.74, 6) is -0.0846. The molecule has 0 saturated carbocycles. The van der Waals surface area contributed by atoms with Crippen LogP contribution < -0.4 is 4.90 Å². The molecule has 1 aliphatic heterocycles. The number of halogens is 1. The second kappa shape index (κ2) is 5.52. The molecule has 1 aromatic rings. The fourth-order valence-corrected chi connectivity index (χ4v) is 2.57. The Kier molecular flexibility index (Phi) is 4.01. The molecular weight excluding hydrogens is 298 g/mol. The van der Waals surface area contributed by atoms with Crippen LogP contribution in [0.4, 0.5) is 5.69 Å². The Hall–Kier alpha value is -1.36. The quantitative estimate of drug-likeness (QED) is 0.804. The lowest BCUT2D eigenvalue weighted by molar-refractivity contribution is -0.116. The lowest BCUT2D eigenvalue weighted by Gasteiger charge is -2.18. The van der Waals surface area contributed by atoms with Crippen molar-refractivity contribution in [3.05, 3.63) is 28.2 Å². The van der Waals surface area contributed by atoms with Crippen LogP contribution in [0.1, 0.15) is 23.7 Å². The summed E-state index contributed by atoms with van der Waals surface area (Å²) in [6.45, 7) is 3.31. The van der Waals surface area contributed by atoms with Crippen molar-refractivity contribution >= 4 is 33.4 Å². The minimum absolute atomic E-state index is 0.247. The maximum Gasteiger partial charge on any atom is 0.338 e. The normalized spacial score (nSPS) is 15.0. The Labute approximate surface area is 114 Å². The summed E-state index contributed by atoms with van der Waals surface area (Å²) in [5, 5.41) is 0. The third kappa shape index (κ3) is 2.72. The molecule has 0 bridgehead atoms. The number of ketones is 1. The summed E-state index contributed by atoms with van der Waals surface area (Å²) in [6.07, 6.45) is 0.589. The number of hydrogen-bond acceptors (Lipinski definition) is 4. The van der Waals surface area contributed by atoms with Gasteiger partial charge in [0.1, 0.15) is 0 Å². The molecule has 5 heteroatoms. The molecule has 0 N–H and O–H groups in total. The molecule has 96 valence electrons. The first-order valence-electron chi connectivity index (χ1n) is 5.85. The first-order chi connectivity index (χ1) is 8.61. The van der Waals surface area contributed by atoms with Crippen LogP contribution in [0.3, 0.4) is 0 Å². The van der Waals surface area contributed by atoms with Crippen LogP contribution in [0.5, 0.6) is 0 Å². The predicted molar refractivity (Wildman–Crippen MR) is 71.9 cm³/mol. The van der Waals surface area contributed by atoms with Gasteiger partial charge in [0.2, 0.25) is 0 Å². The zero-order valence-electron chi connectivity index (χ0n) is 10.1. The highest BCUT2D eigenvalue weighted by Gasteiger charge is 2.21. The highest BCUT2D eigenvalue weighted by Crippen LogP contribution is 2.29. The highest BCUT2D eigenvalue weighted by atomic mass is 79.9. The van der Waals surface area contributed by atoms with E-state index in [9.17, 15) is 9.59 Å². The Balaban J connectivity index is 2.20. The third-order valence-electron chi connectivity index (χ3n) is 2.83. The number of carbonyl (C=O) groups is 2. The molecule has 0 amide bonds.